The van der Waals surface area contributed by atoms with Crippen molar-refractivity contribution in [2.45, 2.75) is 33.2 Å². The second-order valence-corrected chi connectivity index (χ2v) is 8.70. The number of benzene rings is 1. The van der Waals surface area contributed by atoms with Crippen LogP contribution in [0, 0.1) is 13.8 Å². The summed E-state index contributed by atoms with van der Waals surface area (Å²) in [6.45, 7) is 7.99. The van der Waals surface area contributed by atoms with E-state index in [2.05, 4.69) is 10.1 Å². The van der Waals surface area contributed by atoms with Crippen molar-refractivity contribution in [3.8, 4) is 11.5 Å². The lowest BCUT2D eigenvalue weighted by atomic mass is 10.0. The highest BCUT2D eigenvalue weighted by Gasteiger charge is 2.25. The van der Waals surface area contributed by atoms with Gasteiger partial charge in [0.25, 0.3) is 0 Å². The van der Waals surface area contributed by atoms with Gasteiger partial charge in [-0.2, -0.15) is 0 Å². The van der Waals surface area contributed by atoms with Crippen LogP contribution in [0.1, 0.15) is 34.6 Å². The Kier molecular flexibility index (Phi) is 7.21. The van der Waals surface area contributed by atoms with Crippen molar-refractivity contribution in [2.75, 3.05) is 46.9 Å². The van der Waals surface area contributed by atoms with Crippen molar-refractivity contribution >= 4 is 17.9 Å². The standard InChI is InChI=1S/C25H32N4O5/c1-17-21(18(2)34-26-17)16-27-9-11-29(12-10-27)24(30)6-8-28-7-5-19-13-22(32-3)23(33-4)14-20(19)15-25(28)31/h5,7,13-14H,6,8-12,15-16H2,1-4H3. The molecule has 34 heavy (non-hydrogen) atoms. The summed E-state index contributed by atoms with van der Waals surface area (Å²) in [5.41, 5.74) is 3.84. The average Bonchev–Trinajstić information content (AvgIpc) is 3.07. The molecule has 0 bridgehead atoms. The molecule has 9 nitrogen and oxygen atoms in total. The van der Waals surface area contributed by atoms with Crippen LogP contribution in [0.3, 0.4) is 0 Å². The predicted molar refractivity (Wildman–Crippen MR) is 126 cm³/mol. The minimum absolute atomic E-state index is 0.0423. The zero-order valence-corrected chi connectivity index (χ0v) is 20.3. The molecule has 0 aliphatic carbocycles. The fraction of sp³-hybridized carbons (Fsp3) is 0.480. The maximum absolute atomic E-state index is 12.8. The molecule has 1 fully saturated rings. The second-order valence-electron chi connectivity index (χ2n) is 8.70. The van der Waals surface area contributed by atoms with Crippen molar-refractivity contribution in [1.82, 2.24) is 19.9 Å². The number of nitrogens with zero attached hydrogens (tertiary/aromatic N) is 4. The van der Waals surface area contributed by atoms with E-state index in [9.17, 15) is 9.59 Å². The summed E-state index contributed by atoms with van der Waals surface area (Å²) in [6, 6.07) is 3.71. The van der Waals surface area contributed by atoms with Gasteiger partial charge in [0.05, 0.1) is 26.3 Å². The zero-order valence-electron chi connectivity index (χ0n) is 20.3. The summed E-state index contributed by atoms with van der Waals surface area (Å²) >= 11 is 0. The average molecular weight is 469 g/mol. The van der Waals surface area contributed by atoms with E-state index in [1.54, 1.807) is 25.3 Å². The fourth-order valence-corrected chi connectivity index (χ4v) is 4.44. The SMILES string of the molecule is COc1cc2c(cc1OC)CC(=O)N(CCC(=O)N1CCN(Cc3c(C)noc3C)CC1)C=C2. The lowest BCUT2D eigenvalue weighted by Crippen LogP contribution is -2.48. The fourth-order valence-electron chi connectivity index (χ4n) is 4.44. The van der Waals surface area contributed by atoms with Crippen molar-refractivity contribution in [3.63, 3.8) is 0 Å². The molecule has 0 spiro atoms. The molecule has 2 aliphatic rings. The Morgan fingerprint density at radius 2 is 1.79 bits per heavy atom. The van der Waals surface area contributed by atoms with Crippen LogP contribution < -0.4 is 9.47 Å². The Morgan fingerprint density at radius 3 is 2.44 bits per heavy atom. The van der Waals surface area contributed by atoms with E-state index >= 15 is 0 Å². The molecule has 1 aromatic carbocycles. The number of piperazine rings is 1. The maximum Gasteiger partial charge on any atom is 0.230 e. The number of rotatable bonds is 7. The summed E-state index contributed by atoms with van der Waals surface area (Å²) in [5, 5.41) is 4.02. The van der Waals surface area contributed by atoms with E-state index < -0.39 is 0 Å². The number of hydrogen-bond donors (Lipinski definition) is 0. The van der Waals surface area contributed by atoms with E-state index in [4.69, 9.17) is 14.0 Å². The molecule has 0 radical (unpaired) electrons. The molecule has 9 heteroatoms. The smallest absolute Gasteiger partial charge is 0.230 e. The topological polar surface area (TPSA) is 88.4 Å². The molecule has 182 valence electrons. The Morgan fingerprint density at radius 1 is 1.09 bits per heavy atom. The first-order valence-electron chi connectivity index (χ1n) is 11.5. The highest BCUT2D eigenvalue weighted by atomic mass is 16.5. The first kappa shape index (κ1) is 23.8. The Labute approximate surface area is 199 Å². The molecule has 0 saturated carbocycles. The molecule has 4 rings (SSSR count). The number of aryl methyl sites for hydroxylation is 2. The number of amides is 2. The molecule has 2 amide bonds. The Hall–Kier alpha value is -3.33. The van der Waals surface area contributed by atoms with Gasteiger partial charge in [0.15, 0.2) is 11.5 Å². The van der Waals surface area contributed by atoms with Gasteiger partial charge in [-0.25, -0.2) is 0 Å². The lowest BCUT2D eigenvalue weighted by Gasteiger charge is -2.35. The number of fused-ring (bicyclic) bond motifs is 1. The molecule has 0 unspecified atom stereocenters. The molecular formula is C25H32N4O5. The van der Waals surface area contributed by atoms with Crippen LogP contribution in [0.2, 0.25) is 0 Å². The van der Waals surface area contributed by atoms with E-state index in [0.29, 0.717) is 37.6 Å². The van der Waals surface area contributed by atoms with Gasteiger partial charge in [0.1, 0.15) is 5.76 Å². The second kappa shape index (κ2) is 10.3. The van der Waals surface area contributed by atoms with E-state index in [-0.39, 0.29) is 18.2 Å². The van der Waals surface area contributed by atoms with Gasteiger partial charge in [-0.3, -0.25) is 14.5 Å². The minimum atomic E-state index is -0.0423. The number of methoxy groups -OCH3 is 2. The van der Waals surface area contributed by atoms with E-state index in [1.807, 2.05) is 37.0 Å². The van der Waals surface area contributed by atoms with Gasteiger partial charge in [-0.1, -0.05) is 5.16 Å². The van der Waals surface area contributed by atoms with E-state index in [1.165, 1.54) is 0 Å². The van der Waals surface area contributed by atoms with Gasteiger partial charge in [-0.15, -0.1) is 0 Å². The summed E-state index contributed by atoms with van der Waals surface area (Å²) in [5.74, 6) is 2.10. The van der Waals surface area contributed by atoms with E-state index in [0.717, 1.165) is 47.8 Å². The lowest BCUT2D eigenvalue weighted by molar-refractivity contribution is -0.134. The van der Waals surface area contributed by atoms with Gasteiger partial charge in [-0.05, 0) is 43.2 Å². The molecule has 0 N–H and O–H groups in total. The summed E-state index contributed by atoms with van der Waals surface area (Å²) < 4.78 is 16.0. The number of carbonyl (C=O) groups is 2. The highest BCUT2D eigenvalue weighted by Crippen LogP contribution is 2.32. The quantitative estimate of drug-likeness (QED) is 0.617. The van der Waals surface area contributed by atoms with Gasteiger partial charge < -0.3 is 23.8 Å². The van der Waals surface area contributed by atoms with Crippen LogP contribution in [-0.2, 0) is 22.6 Å². The molecule has 3 heterocycles. The monoisotopic (exact) mass is 468 g/mol. The molecule has 1 saturated heterocycles. The predicted octanol–water partition coefficient (Wildman–Crippen LogP) is 2.40. The maximum atomic E-state index is 12.8. The van der Waals surface area contributed by atoms with Gasteiger partial charge in [0.2, 0.25) is 11.8 Å². The highest BCUT2D eigenvalue weighted by molar-refractivity contribution is 5.85. The third-order valence-corrected chi connectivity index (χ3v) is 6.60. The van der Waals surface area contributed by atoms with Crippen LogP contribution >= 0.6 is 0 Å². The van der Waals surface area contributed by atoms with Crippen molar-refractivity contribution in [2.24, 2.45) is 0 Å². The molecular weight excluding hydrogens is 436 g/mol. The summed E-state index contributed by atoms with van der Waals surface area (Å²) in [4.78, 5) is 31.5. The van der Waals surface area contributed by atoms with Crippen LogP contribution in [0.15, 0.2) is 22.9 Å². The van der Waals surface area contributed by atoms with Gasteiger partial charge in [0, 0.05) is 57.5 Å². The number of hydrogen-bond acceptors (Lipinski definition) is 7. The van der Waals surface area contributed by atoms with Crippen LogP contribution in [-0.4, -0.2) is 78.6 Å². The van der Waals surface area contributed by atoms with Crippen molar-refractivity contribution < 1.29 is 23.6 Å². The molecule has 0 atom stereocenters. The molecule has 2 aromatic rings. The molecule has 1 aromatic heterocycles. The normalized spacial score (nSPS) is 16.4. The minimum Gasteiger partial charge on any atom is -0.493 e. The molecule has 2 aliphatic heterocycles. The van der Waals surface area contributed by atoms with Crippen molar-refractivity contribution in [1.29, 1.82) is 0 Å². The first-order valence-corrected chi connectivity index (χ1v) is 11.5. The Bertz CT molecular complexity index is 1070. The van der Waals surface area contributed by atoms with Crippen LogP contribution in [0.4, 0.5) is 0 Å². The largest absolute Gasteiger partial charge is 0.493 e. The summed E-state index contributed by atoms with van der Waals surface area (Å²) in [6.07, 6.45) is 4.19. The first-order chi connectivity index (χ1) is 16.4. The Balaban J connectivity index is 1.30. The summed E-state index contributed by atoms with van der Waals surface area (Å²) in [7, 11) is 3.16. The zero-order chi connectivity index (χ0) is 24.2. The van der Waals surface area contributed by atoms with Gasteiger partial charge >= 0.3 is 0 Å². The number of ether oxygens (including phenoxy) is 2. The number of carbonyl (C=O) groups excluding carboxylic acids is 2. The third kappa shape index (κ3) is 5.09. The van der Waals surface area contributed by atoms with Crippen LogP contribution in [0.5, 0.6) is 11.5 Å². The number of aromatic nitrogens is 1. The third-order valence-electron chi connectivity index (χ3n) is 6.60. The van der Waals surface area contributed by atoms with Crippen LogP contribution in [0.25, 0.3) is 6.08 Å². The van der Waals surface area contributed by atoms with Crippen molar-refractivity contribution in [3.05, 3.63) is 46.5 Å².